The van der Waals surface area contributed by atoms with Crippen LogP contribution in [0.15, 0.2) is 18.2 Å². The van der Waals surface area contributed by atoms with Crippen LogP contribution in [0.25, 0.3) is 0 Å². The predicted molar refractivity (Wildman–Crippen MR) is 84.5 cm³/mol. The summed E-state index contributed by atoms with van der Waals surface area (Å²) in [6.07, 6.45) is 1.24. The molecule has 2 rings (SSSR count). The lowest BCUT2D eigenvalue weighted by molar-refractivity contribution is 0.258. The molecule has 3 heteroatoms. The Labute approximate surface area is 122 Å². The van der Waals surface area contributed by atoms with E-state index in [4.69, 9.17) is 11.6 Å². The highest BCUT2D eigenvalue weighted by molar-refractivity contribution is 6.31. The number of halogens is 1. The molecule has 1 aromatic carbocycles. The Balaban J connectivity index is 2.02. The number of hydrogen-bond acceptors (Lipinski definition) is 2. The highest BCUT2D eigenvalue weighted by Crippen LogP contribution is 2.29. The van der Waals surface area contributed by atoms with Crippen molar-refractivity contribution in [3.05, 3.63) is 28.8 Å². The van der Waals surface area contributed by atoms with Crippen molar-refractivity contribution in [2.75, 3.05) is 37.6 Å². The molecule has 0 spiro atoms. The van der Waals surface area contributed by atoms with Gasteiger partial charge in [-0.2, -0.15) is 0 Å². The number of piperazine rings is 1. The van der Waals surface area contributed by atoms with Crippen molar-refractivity contribution >= 4 is 17.3 Å². The molecule has 0 aliphatic carbocycles. The van der Waals surface area contributed by atoms with Gasteiger partial charge in [0.15, 0.2) is 0 Å². The van der Waals surface area contributed by atoms with Crippen LogP contribution < -0.4 is 4.90 Å². The van der Waals surface area contributed by atoms with Crippen LogP contribution in [0.3, 0.4) is 0 Å². The smallest absolute Gasteiger partial charge is 0.0461 e. The molecule has 0 atom stereocenters. The van der Waals surface area contributed by atoms with E-state index in [1.165, 1.54) is 24.2 Å². The fraction of sp³-hybridized carbons (Fsp3) is 0.625. The molecule has 1 aliphatic heterocycles. The zero-order valence-corrected chi connectivity index (χ0v) is 13.1. The van der Waals surface area contributed by atoms with Crippen LogP contribution in [0.5, 0.6) is 0 Å². The van der Waals surface area contributed by atoms with E-state index in [0.717, 1.165) is 31.2 Å². The average Bonchev–Trinajstić information content (AvgIpc) is 2.39. The Hall–Kier alpha value is -0.730. The van der Waals surface area contributed by atoms with Gasteiger partial charge in [-0.3, -0.25) is 4.90 Å². The zero-order valence-electron chi connectivity index (χ0n) is 12.3. The SMILES string of the molecule is CCCN1CCN(c2ccc(C(C)C)c(Cl)c2)CC1. The summed E-state index contributed by atoms with van der Waals surface area (Å²) in [5.41, 5.74) is 2.51. The van der Waals surface area contributed by atoms with Crippen LogP contribution in [0.2, 0.25) is 5.02 Å². The normalized spacial score (nSPS) is 17.2. The molecule has 0 aromatic heterocycles. The number of rotatable bonds is 4. The molecule has 19 heavy (non-hydrogen) atoms. The molecule has 0 amide bonds. The van der Waals surface area contributed by atoms with E-state index >= 15 is 0 Å². The Morgan fingerprint density at radius 3 is 2.37 bits per heavy atom. The van der Waals surface area contributed by atoms with Crippen LogP contribution in [0, 0.1) is 0 Å². The van der Waals surface area contributed by atoms with Crippen LogP contribution in [0.4, 0.5) is 5.69 Å². The quantitative estimate of drug-likeness (QED) is 0.823. The molecule has 1 aliphatic rings. The number of nitrogens with zero attached hydrogens (tertiary/aromatic N) is 2. The summed E-state index contributed by atoms with van der Waals surface area (Å²) >= 11 is 6.38. The lowest BCUT2D eigenvalue weighted by Crippen LogP contribution is -2.46. The third kappa shape index (κ3) is 3.64. The van der Waals surface area contributed by atoms with Gasteiger partial charge >= 0.3 is 0 Å². The van der Waals surface area contributed by atoms with Crippen molar-refractivity contribution in [3.63, 3.8) is 0 Å². The monoisotopic (exact) mass is 280 g/mol. The first-order valence-corrected chi connectivity index (χ1v) is 7.76. The van der Waals surface area contributed by atoms with Gasteiger partial charge in [0.25, 0.3) is 0 Å². The topological polar surface area (TPSA) is 6.48 Å². The molecule has 0 saturated carbocycles. The summed E-state index contributed by atoms with van der Waals surface area (Å²) in [5, 5.41) is 0.906. The fourth-order valence-electron chi connectivity index (χ4n) is 2.73. The van der Waals surface area contributed by atoms with Crippen molar-refractivity contribution in [1.82, 2.24) is 4.90 Å². The summed E-state index contributed by atoms with van der Waals surface area (Å²) in [7, 11) is 0. The highest BCUT2D eigenvalue weighted by atomic mass is 35.5. The van der Waals surface area contributed by atoms with Gasteiger partial charge in [0.05, 0.1) is 0 Å². The standard InChI is InChI=1S/C16H25ClN2/c1-4-7-18-8-10-19(11-9-18)14-5-6-15(13(2)3)16(17)12-14/h5-6,12-13H,4,7-11H2,1-3H3. The lowest BCUT2D eigenvalue weighted by atomic mass is 10.0. The molecule has 0 bridgehead atoms. The molecular weight excluding hydrogens is 256 g/mol. The summed E-state index contributed by atoms with van der Waals surface area (Å²) in [6, 6.07) is 6.53. The van der Waals surface area contributed by atoms with Crippen molar-refractivity contribution in [2.45, 2.75) is 33.1 Å². The molecule has 1 heterocycles. The predicted octanol–water partition coefficient (Wildman–Crippen LogP) is 4.00. The average molecular weight is 281 g/mol. The van der Waals surface area contributed by atoms with Crippen molar-refractivity contribution < 1.29 is 0 Å². The van der Waals surface area contributed by atoms with Crippen molar-refractivity contribution in [2.24, 2.45) is 0 Å². The molecule has 0 N–H and O–H groups in total. The summed E-state index contributed by atoms with van der Waals surface area (Å²) < 4.78 is 0. The molecule has 1 saturated heterocycles. The maximum atomic E-state index is 6.38. The first-order valence-electron chi connectivity index (χ1n) is 7.38. The van der Waals surface area contributed by atoms with Crippen LogP contribution in [-0.4, -0.2) is 37.6 Å². The van der Waals surface area contributed by atoms with E-state index < -0.39 is 0 Å². The van der Waals surface area contributed by atoms with Gasteiger partial charge < -0.3 is 4.90 Å². The summed E-state index contributed by atoms with van der Waals surface area (Å²) in [6.45, 7) is 12.4. The van der Waals surface area contributed by atoms with E-state index in [1.807, 2.05) is 0 Å². The summed E-state index contributed by atoms with van der Waals surface area (Å²) in [5.74, 6) is 0.489. The third-order valence-corrected chi connectivity index (χ3v) is 4.21. The maximum absolute atomic E-state index is 6.38. The molecule has 106 valence electrons. The number of anilines is 1. The molecule has 2 nitrogen and oxygen atoms in total. The first-order chi connectivity index (χ1) is 9.11. The van der Waals surface area contributed by atoms with Crippen LogP contribution in [-0.2, 0) is 0 Å². The van der Waals surface area contributed by atoms with E-state index in [1.54, 1.807) is 0 Å². The Morgan fingerprint density at radius 2 is 1.84 bits per heavy atom. The minimum Gasteiger partial charge on any atom is -0.369 e. The largest absolute Gasteiger partial charge is 0.369 e. The fourth-order valence-corrected chi connectivity index (χ4v) is 3.12. The van der Waals surface area contributed by atoms with Gasteiger partial charge in [-0.15, -0.1) is 0 Å². The lowest BCUT2D eigenvalue weighted by Gasteiger charge is -2.36. The van der Waals surface area contributed by atoms with Gasteiger partial charge in [-0.1, -0.05) is 38.4 Å². The van der Waals surface area contributed by atoms with Crippen molar-refractivity contribution in [3.8, 4) is 0 Å². The highest BCUT2D eigenvalue weighted by Gasteiger charge is 2.17. The van der Waals surface area contributed by atoms with Crippen molar-refractivity contribution in [1.29, 1.82) is 0 Å². The Morgan fingerprint density at radius 1 is 1.16 bits per heavy atom. The second-order valence-electron chi connectivity index (χ2n) is 5.69. The van der Waals surface area contributed by atoms with Gasteiger partial charge in [-0.05, 0) is 36.6 Å². The summed E-state index contributed by atoms with van der Waals surface area (Å²) in [4.78, 5) is 4.99. The molecular formula is C16H25ClN2. The molecule has 0 unspecified atom stereocenters. The van der Waals surface area contributed by atoms with E-state index in [2.05, 4.69) is 48.8 Å². The van der Waals surface area contributed by atoms with E-state index in [-0.39, 0.29) is 0 Å². The second kappa shape index (κ2) is 6.62. The minimum absolute atomic E-state index is 0.489. The van der Waals surface area contributed by atoms with Gasteiger partial charge in [0, 0.05) is 36.9 Å². The first kappa shape index (κ1) is 14.7. The molecule has 1 fully saturated rings. The van der Waals surface area contributed by atoms with E-state index in [0.29, 0.717) is 5.92 Å². The van der Waals surface area contributed by atoms with Gasteiger partial charge in [-0.25, -0.2) is 0 Å². The number of hydrogen-bond donors (Lipinski definition) is 0. The third-order valence-electron chi connectivity index (χ3n) is 3.88. The number of benzene rings is 1. The Kier molecular flexibility index (Phi) is 5.12. The maximum Gasteiger partial charge on any atom is 0.0461 e. The molecule has 1 aromatic rings. The van der Waals surface area contributed by atoms with Crippen LogP contribution in [0.1, 0.15) is 38.7 Å². The van der Waals surface area contributed by atoms with Gasteiger partial charge in [0.2, 0.25) is 0 Å². The molecule has 0 radical (unpaired) electrons. The zero-order chi connectivity index (χ0) is 13.8. The Bertz CT molecular complexity index is 409. The minimum atomic E-state index is 0.489. The second-order valence-corrected chi connectivity index (χ2v) is 6.10. The van der Waals surface area contributed by atoms with Gasteiger partial charge in [0.1, 0.15) is 0 Å². The van der Waals surface area contributed by atoms with Crippen LogP contribution >= 0.6 is 11.6 Å². The van der Waals surface area contributed by atoms with E-state index in [9.17, 15) is 0 Å².